The van der Waals surface area contributed by atoms with Gasteiger partial charge in [-0.2, -0.15) is 0 Å². The van der Waals surface area contributed by atoms with Gasteiger partial charge in [0.05, 0.1) is 10.9 Å². The summed E-state index contributed by atoms with van der Waals surface area (Å²) >= 11 is 1.54. The van der Waals surface area contributed by atoms with Crippen molar-refractivity contribution in [1.29, 1.82) is 0 Å². The standard InChI is InChI=1S/C16H20N2O2S/c1-11-15(19)17-13-10-12(6-7-14(13)21-11)16(20)18-8-4-2-3-5-9-18/h6-7,10-11H,2-5,8-9H2,1H3,(H,17,19). The number of nitrogens with one attached hydrogen (secondary N) is 1. The fourth-order valence-corrected chi connectivity index (χ4v) is 3.73. The van der Waals surface area contributed by atoms with Crippen molar-refractivity contribution < 1.29 is 9.59 Å². The van der Waals surface area contributed by atoms with Crippen LogP contribution >= 0.6 is 11.8 Å². The molecular formula is C16H20N2O2S. The average molecular weight is 304 g/mol. The maximum absolute atomic E-state index is 12.6. The van der Waals surface area contributed by atoms with Crippen LogP contribution in [0, 0.1) is 0 Å². The minimum absolute atomic E-state index is 0.00636. The third-order valence-electron chi connectivity index (χ3n) is 4.05. The van der Waals surface area contributed by atoms with Crippen molar-refractivity contribution >= 4 is 29.3 Å². The van der Waals surface area contributed by atoms with Gasteiger partial charge in [-0.3, -0.25) is 9.59 Å². The van der Waals surface area contributed by atoms with Gasteiger partial charge >= 0.3 is 0 Å². The Bertz CT molecular complexity index is 565. The van der Waals surface area contributed by atoms with Gasteiger partial charge in [0.2, 0.25) is 5.91 Å². The molecule has 1 atom stereocenters. The molecule has 0 bridgehead atoms. The number of benzene rings is 1. The van der Waals surface area contributed by atoms with Gasteiger partial charge in [-0.05, 0) is 38.0 Å². The van der Waals surface area contributed by atoms with E-state index >= 15 is 0 Å². The molecule has 2 aliphatic heterocycles. The number of nitrogens with zero attached hydrogens (tertiary/aromatic N) is 1. The fourth-order valence-electron chi connectivity index (χ4n) is 2.80. The Labute approximate surface area is 129 Å². The molecule has 1 aromatic carbocycles. The number of amides is 2. The van der Waals surface area contributed by atoms with E-state index in [1.807, 2.05) is 30.0 Å². The van der Waals surface area contributed by atoms with E-state index in [9.17, 15) is 9.59 Å². The van der Waals surface area contributed by atoms with E-state index < -0.39 is 0 Å². The molecule has 21 heavy (non-hydrogen) atoms. The third-order valence-corrected chi connectivity index (χ3v) is 5.23. The van der Waals surface area contributed by atoms with Crippen LogP contribution in [0.5, 0.6) is 0 Å². The molecule has 2 heterocycles. The molecule has 1 aromatic rings. The number of likely N-dealkylation sites (tertiary alicyclic amines) is 1. The Kier molecular flexibility index (Phi) is 4.19. The molecule has 1 N–H and O–H groups in total. The first-order valence-corrected chi connectivity index (χ1v) is 8.44. The highest BCUT2D eigenvalue weighted by atomic mass is 32.2. The fraction of sp³-hybridized carbons (Fsp3) is 0.500. The summed E-state index contributed by atoms with van der Waals surface area (Å²) in [5, 5.41) is 2.81. The van der Waals surface area contributed by atoms with Crippen LogP contribution in [0.3, 0.4) is 0 Å². The average Bonchev–Trinajstić information content (AvgIpc) is 2.76. The Hall–Kier alpha value is -1.49. The van der Waals surface area contributed by atoms with Crippen LogP contribution in [-0.2, 0) is 4.79 Å². The van der Waals surface area contributed by atoms with Crippen LogP contribution in [-0.4, -0.2) is 35.1 Å². The van der Waals surface area contributed by atoms with E-state index in [-0.39, 0.29) is 17.1 Å². The quantitative estimate of drug-likeness (QED) is 0.867. The normalized spacial score (nSPS) is 22.2. The number of rotatable bonds is 1. The van der Waals surface area contributed by atoms with Crippen LogP contribution in [0.2, 0.25) is 0 Å². The maximum Gasteiger partial charge on any atom is 0.253 e. The largest absolute Gasteiger partial charge is 0.339 e. The first kappa shape index (κ1) is 14.4. The maximum atomic E-state index is 12.6. The zero-order chi connectivity index (χ0) is 14.8. The summed E-state index contributed by atoms with van der Waals surface area (Å²) in [6.07, 6.45) is 4.58. The summed E-state index contributed by atoms with van der Waals surface area (Å²) in [6, 6.07) is 5.64. The van der Waals surface area contributed by atoms with E-state index in [1.54, 1.807) is 11.8 Å². The zero-order valence-electron chi connectivity index (χ0n) is 12.2. The van der Waals surface area contributed by atoms with E-state index in [4.69, 9.17) is 0 Å². The molecule has 0 saturated carbocycles. The second-order valence-corrected chi connectivity index (χ2v) is 7.05. The lowest BCUT2D eigenvalue weighted by atomic mass is 10.1. The lowest BCUT2D eigenvalue weighted by Gasteiger charge is -2.24. The Balaban J connectivity index is 1.81. The second-order valence-electron chi connectivity index (χ2n) is 5.67. The first-order valence-electron chi connectivity index (χ1n) is 7.56. The van der Waals surface area contributed by atoms with Gasteiger partial charge in [-0.1, -0.05) is 12.8 Å². The summed E-state index contributed by atoms with van der Waals surface area (Å²) in [5.74, 6) is 0.0874. The molecule has 2 amide bonds. The van der Waals surface area contributed by atoms with Crippen molar-refractivity contribution in [2.24, 2.45) is 0 Å². The number of fused-ring (bicyclic) bond motifs is 1. The van der Waals surface area contributed by atoms with Gasteiger partial charge in [0, 0.05) is 23.5 Å². The van der Waals surface area contributed by atoms with Crippen molar-refractivity contribution in [2.45, 2.75) is 42.8 Å². The molecule has 1 saturated heterocycles. The number of carbonyl (C=O) groups is 2. The molecular weight excluding hydrogens is 284 g/mol. The van der Waals surface area contributed by atoms with Crippen LogP contribution in [0.1, 0.15) is 43.0 Å². The lowest BCUT2D eigenvalue weighted by Crippen LogP contribution is -2.32. The van der Waals surface area contributed by atoms with Gasteiger partial charge in [0.15, 0.2) is 0 Å². The second kappa shape index (κ2) is 6.10. The highest BCUT2D eigenvalue weighted by molar-refractivity contribution is 8.00. The van der Waals surface area contributed by atoms with Crippen molar-refractivity contribution in [3.8, 4) is 0 Å². The van der Waals surface area contributed by atoms with Crippen molar-refractivity contribution in [3.05, 3.63) is 23.8 Å². The van der Waals surface area contributed by atoms with Crippen molar-refractivity contribution in [1.82, 2.24) is 4.90 Å². The predicted octanol–water partition coefficient (Wildman–Crippen LogP) is 3.14. The predicted molar refractivity (Wildman–Crippen MR) is 84.8 cm³/mol. The highest BCUT2D eigenvalue weighted by Crippen LogP contribution is 2.36. The molecule has 5 heteroatoms. The van der Waals surface area contributed by atoms with E-state index in [0.29, 0.717) is 5.56 Å². The Morgan fingerprint density at radius 1 is 1.24 bits per heavy atom. The molecule has 4 nitrogen and oxygen atoms in total. The van der Waals surface area contributed by atoms with Gasteiger partial charge in [-0.15, -0.1) is 11.8 Å². The first-order chi connectivity index (χ1) is 10.1. The monoisotopic (exact) mass is 304 g/mol. The van der Waals surface area contributed by atoms with Crippen LogP contribution in [0.25, 0.3) is 0 Å². The molecule has 1 fully saturated rings. The van der Waals surface area contributed by atoms with Crippen LogP contribution < -0.4 is 5.32 Å². The molecule has 3 rings (SSSR count). The highest BCUT2D eigenvalue weighted by Gasteiger charge is 2.25. The SMILES string of the molecule is CC1Sc2ccc(C(=O)N3CCCCCC3)cc2NC1=O. The molecule has 0 aliphatic carbocycles. The number of thioether (sulfide) groups is 1. The van der Waals surface area contributed by atoms with E-state index in [2.05, 4.69) is 5.32 Å². The van der Waals surface area contributed by atoms with Crippen LogP contribution in [0.4, 0.5) is 5.69 Å². The number of hydrogen-bond donors (Lipinski definition) is 1. The van der Waals surface area contributed by atoms with Crippen LogP contribution in [0.15, 0.2) is 23.1 Å². The number of anilines is 1. The van der Waals surface area contributed by atoms with E-state index in [1.165, 1.54) is 12.8 Å². The topological polar surface area (TPSA) is 49.4 Å². The van der Waals surface area contributed by atoms with Crippen molar-refractivity contribution in [2.75, 3.05) is 18.4 Å². The van der Waals surface area contributed by atoms with Gasteiger partial charge in [0.1, 0.15) is 0 Å². The summed E-state index contributed by atoms with van der Waals surface area (Å²) in [4.78, 5) is 27.3. The Morgan fingerprint density at radius 2 is 1.95 bits per heavy atom. The number of carbonyl (C=O) groups excluding carboxylic acids is 2. The molecule has 0 aromatic heterocycles. The Morgan fingerprint density at radius 3 is 2.67 bits per heavy atom. The van der Waals surface area contributed by atoms with Crippen molar-refractivity contribution in [3.63, 3.8) is 0 Å². The third kappa shape index (κ3) is 3.07. The van der Waals surface area contributed by atoms with Gasteiger partial charge in [-0.25, -0.2) is 0 Å². The smallest absolute Gasteiger partial charge is 0.253 e. The summed E-state index contributed by atoms with van der Waals surface area (Å²) < 4.78 is 0. The van der Waals surface area contributed by atoms with Gasteiger partial charge in [0.25, 0.3) is 5.91 Å². The summed E-state index contributed by atoms with van der Waals surface area (Å²) in [7, 11) is 0. The summed E-state index contributed by atoms with van der Waals surface area (Å²) in [6.45, 7) is 3.57. The minimum Gasteiger partial charge on any atom is -0.339 e. The molecule has 112 valence electrons. The molecule has 1 unspecified atom stereocenters. The molecule has 2 aliphatic rings. The lowest BCUT2D eigenvalue weighted by molar-refractivity contribution is -0.115. The zero-order valence-corrected chi connectivity index (χ0v) is 13.0. The minimum atomic E-state index is -0.0790. The van der Waals surface area contributed by atoms with Gasteiger partial charge < -0.3 is 10.2 Å². The van der Waals surface area contributed by atoms with E-state index in [0.717, 1.165) is 36.5 Å². The molecule has 0 radical (unpaired) electrons. The number of hydrogen-bond acceptors (Lipinski definition) is 3. The summed E-state index contributed by atoms with van der Waals surface area (Å²) in [5.41, 5.74) is 1.44. The molecule has 0 spiro atoms.